The van der Waals surface area contributed by atoms with Crippen molar-refractivity contribution >= 4 is 15.8 Å². The number of carbonyl (C=O) groups excluding carboxylic acids is 1. The van der Waals surface area contributed by atoms with E-state index in [-0.39, 0.29) is 0 Å². The molecule has 0 N–H and O–H groups in total. The Hall–Kier alpha value is -1.61. The van der Waals surface area contributed by atoms with Crippen LogP contribution in [0.1, 0.15) is 13.3 Å². The number of hydrogen-bond donors (Lipinski definition) is 0. The zero-order valence-electron chi connectivity index (χ0n) is 12.8. The van der Waals surface area contributed by atoms with Crippen molar-refractivity contribution in [2.75, 3.05) is 6.61 Å². The molecule has 4 nitrogen and oxygen atoms in total. The van der Waals surface area contributed by atoms with Gasteiger partial charge in [0.1, 0.15) is 0 Å². The monoisotopic (exact) mass is 446 g/mol. The Morgan fingerprint density at radius 2 is 1.33 bits per heavy atom. The van der Waals surface area contributed by atoms with E-state index in [1.165, 1.54) is 0 Å². The Labute approximate surface area is 143 Å². The van der Waals surface area contributed by atoms with Crippen molar-refractivity contribution in [1.82, 2.24) is 0 Å². The molecule has 0 fully saturated rings. The number of ether oxygens (including phenoxy) is 1. The molecule has 0 aromatic heterocycles. The molecule has 0 aromatic rings. The van der Waals surface area contributed by atoms with Gasteiger partial charge in [-0.2, -0.15) is 43.9 Å². The van der Waals surface area contributed by atoms with Crippen LogP contribution in [0.15, 0.2) is 12.2 Å². The molecule has 0 rings (SSSR count). The van der Waals surface area contributed by atoms with Gasteiger partial charge in [-0.3, -0.25) is 0 Å². The van der Waals surface area contributed by atoms with Crippen molar-refractivity contribution in [3.05, 3.63) is 12.2 Å². The van der Waals surface area contributed by atoms with Crippen LogP contribution in [0.4, 0.5) is 48.3 Å². The van der Waals surface area contributed by atoms with E-state index in [9.17, 15) is 61.5 Å². The van der Waals surface area contributed by atoms with Crippen LogP contribution in [0.3, 0.4) is 0 Å². The predicted octanol–water partition coefficient (Wildman–Crippen LogP) is 3.93. The van der Waals surface area contributed by atoms with Gasteiger partial charge in [0.05, 0.1) is 13.0 Å². The summed E-state index contributed by atoms with van der Waals surface area (Å²) >= 11 is 0. The first kappa shape index (κ1) is 25.4. The molecular weight excluding hydrogens is 437 g/mol. The number of halogens is 11. The zero-order valence-corrected chi connectivity index (χ0v) is 13.6. The first-order chi connectivity index (χ1) is 11.6. The summed E-state index contributed by atoms with van der Waals surface area (Å²) in [6.45, 7) is 2.06. The minimum Gasteiger partial charge on any atom is -0.462 e. The molecule has 0 heterocycles. The van der Waals surface area contributed by atoms with E-state index in [0.717, 1.165) is 6.92 Å². The highest BCUT2D eigenvalue weighted by atomic mass is 32.2. The standard InChI is InChI=1S/C11H9F11O4S/c1-5(2)6(23)26-4-3-7(12,13)8(14,15)9(16,10(17,18)19)27(24,25)11(20,21)22/h1,3-4H2,2H3. The van der Waals surface area contributed by atoms with Crippen LogP contribution >= 0.6 is 0 Å². The van der Waals surface area contributed by atoms with Crippen molar-refractivity contribution in [3.63, 3.8) is 0 Å². The Balaban J connectivity index is 6.20. The van der Waals surface area contributed by atoms with Crippen molar-refractivity contribution in [1.29, 1.82) is 0 Å². The van der Waals surface area contributed by atoms with Crippen LogP contribution in [0, 0.1) is 0 Å². The number of esters is 1. The van der Waals surface area contributed by atoms with Gasteiger partial charge >= 0.3 is 34.5 Å². The molecule has 0 amide bonds. The topological polar surface area (TPSA) is 60.4 Å². The first-order valence-corrected chi connectivity index (χ1v) is 7.71. The lowest BCUT2D eigenvalue weighted by Gasteiger charge is -2.38. The average Bonchev–Trinajstić information content (AvgIpc) is 2.42. The van der Waals surface area contributed by atoms with Gasteiger partial charge in [0.2, 0.25) is 0 Å². The lowest BCUT2D eigenvalue weighted by Crippen LogP contribution is -2.69. The maximum Gasteiger partial charge on any atom is 0.501 e. The SMILES string of the molecule is C=C(C)C(=O)OCCC(F)(F)C(F)(F)C(F)(C(F)(F)F)S(=O)(=O)C(F)(F)F. The van der Waals surface area contributed by atoms with E-state index in [4.69, 9.17) is 0 Å². The highest BCUT2D eigenvalue weighted by molar-refractivity contribution is 7.93. The smallest absolute Gasteiger partial charge is 0.462 e. The second-order valence-corrected chi connectivity index (χ2v) is 7.02. The maximum absolute atomic E-state index is 13.8. The van der Waals surface area contributed by atoms with E-state index in [1.54, 1.807) is 0 Å². The molecule has 0 saturated heterocycles. The molecule has 0 aliphatic carbocycles. The Bertz CT molecular complexity index is 692. The second kappa shape index (κ2) is 7.09. The summed E-state index contributed by atoms with van der Waals surface area (Å²) in [4.78, 5) is 10.9. The van der Waals surface area contributed by atoms with Crippen LogP contribution in [0.25, 0.3) is 0 Å². The summed E-state index contributed by atoms with van der Waals surface area (Å²) in [5.74, 6) is -15.3. The summed E-state index contributed by atoms with van der Waals surface area (Å²) in [5, 5.41) is -7.72. The fourth-order valence-electron chi connectivity index (χ4n) is 1.45. The lowest BCUT2D eigenvalue weighted by atomic mass is 10.0. The van der Waals surface area contributed by atoms with Crippen LogP contribution < -0.4 is 0 Å². The predicted molar refractivity (Wildman–Crippen MR) is 65.2 cm³/mol. The molecule has 0 radical (unpaired) electrons. The number of carbonyl (C=O) groups is 1. The third kappa shape index (κ3) is 4.13. The quantitative estimate of drug-likeness (QED) is 0.338. The minimum atomic E-state index is -8.53. The largest absolute Gasteiger partial charge is 0.501 e. The molecule has 27 heavy (non-hydrogen) atoms. The molecule has 0 aliphatic heterocycles. The summed E-state index contributed by atoms with van der Waals surface area (Å²) in [7, 11) is -8.53. The van der Waals surface area contributed by atoms with Crippen molar-refractivity contribution in [2.24, 2.45) is 0 Å². The third-order valence-electron chi connectivity index (χ3n) is 2.90. The number of hydrogen-bond acceptors (Lipinski definition) is 4. The summed E-state index contributed by atoms with van der Waals surface area (Å²) in [6.07, 6.45) is -10.2. The van der Waals surface area contributed by atoms with Crippen molar-refractivity contribution < 1.29 is 66.2 Å². The third-order valence-corrected chi connectivity index (χ3v) is 4.74. The van der Waals surface area contributed by atoms with Crippen LogP contribution in [0.2, 0.25) is 0 Å². The summed E-state index contributed by atoms with van der Waals surface area (Å²) in [6, 6.07) is 0. The molecular formula is C11H9F11O4S. The molecule has 0 saturated carbocycles. The van der Waals surface area contributed by atoms with E-state index < -0.39 is 62.9 Å². The number of rotatable bonds is 7. The molecule has 1 unspecified atom stereocenters. The van der Waals surface area contributed by atoms with Gasteiger partial charge < -0.3 is 4.74 Å². The van der Waals surface area contributed by atoms with E-state index >= 15 is 0 Å². The van der Waals surface area contributed by atoms with Gasteiger partial charge in [-0.25, -0.2) is 17.6 Å². The van der Waals surface area contributed by atoms with E-state index in [1.807, 2.05) is 0 Å². The highest BCUT2D eigenvalue weighted by Crippen LogP contribution is 2.58. The first-order valence-electron chi connectivity index (χ1n) is 6.22. The molecule has 0 aromatic carbocycles. The van der Waals surface area contributed by atoms with Gasteiger partial charge in [-0.15, -0.1) is 0 Å². The molecule has 0 aliphatic rings. The Morgan fingerprint density at radius 3 is 1.63 bits per heavy atom. The number of sulfone groups is 1. The fourth-order valence-corrected chi connectivity index (χ4v) is 2.56. The van der Waals surface area contributed by atoms with Crippen LogP contribution in [-0.4, -0.2) is 49.5 Å². The highest BCUT2D eigenvalue weighted by Gasteiger charge is 2.89. The van der Waals surface area contributed by atoms with Gasteiger partial charge in [-0.05, 0) is 6.92 Å². The van der Waals surface area contributed by atoms with E-state index in [0.29, 0.717) is 0 Å². The van der Waals surface area contributed by atoms with E-state index in [2.05, 4.69) is 11.3 Å². The van der Waals surface area contributed by atoms with Gasteiger partial charge in [0, 0.05) is 5.57 Å². The Morgan fingerprint density at radius 1 is 0.926 bits per heavy atom. The number of alkyl halides is 11. The van der Waals surface area contributed by atoms with Crippen LogP contribution in [-0.2, 0) is 19.4 Å². The normalized spacial score (nSPS) is 16.6. The van der Waals surface area contributed by atoms with Gasteiger partial charge in [-0.1, -0.05) is 6.58 Å². The molecule has 0 spiro atoms. The van der Waals surface area contributed by atoms with Crippen molar-refractivity contribution in [3.8, 4) is 0 Å². The maximum atomic E-state index is 13.8. The lowest BCUT2D eigenvalue weighted by molar-refractivity contribution is -0.327. The molecule has 1 atom stereocenters. The molecule has 16 heteroatoms. The average molecular weight is 446 g/mol. The minimum absolute atomic E-state index is 0.472. The van der Waals surface area contributed by atoms with Gasteiger partial charge in [0.15, 0.2) is 0 Å². The summed E-state index contributed by atoms with van der Waals surface area (Å²) < 4.78 is 168. The fraction of sp³-hybridized carbons (Fsp3) is 0.727. The van der Waals surface area contributed by atoms with Crippen LogP contribution in [0.5, 0.6) is 0 Å². The zero-order chi connectivity index (χ0) is 22.3. The van der Waals surface area contributed by atoms with Gasteiger partial charge in [0.25, 0.3) is 9.84 Å². The van der Waals surface area contributed by atoms with Crippen molar-refractivity contribution in [2.45, 2.75) is 41.9 Å². The molecule has 160 valence electrons. The Kier molecular flexibility index (Phi) is 6.66. The molecule has 0 bridgehead atoms. The summed E-state index contributed by atoms with van der Waals surface area (Å²) in [5.41, 5.74) is -7.76. The second-order valence-electron chi connectivity index (χ2n) is 4.99.